The number of aromatic nitrogens is 5. The topological polar surface area (TPSA) is 94.8 Å². The SMILES string of the molecule is Cc1nnc(NC(=O)CSc2nnc(COc3ccc4ccccc4c3C)n2C)s1. The van der Waals surface area contributed by atoms with Crippen LogP contribution in [0.4, 0.5) is 5.13 Å². The van der Waals surface area contributed by atoms with Crippen molar-refractivity contribution in [3.63, 3.8) is 0 Å². The molecule has 0 saturated carbocycles. The number of ether oxygens (including phenoxy) is 1. The van der Waals surface area contributed by atoms with Gasteiger partial charge in [-0.05, 0) is 36.2 Å². The average Bonchev–Trinajstić information content (AvgIpc) is 3.31. The molecule has 0 aliphatic carbocycles. The standard InChI is InChI=1S/C20H20N6O2S2/c1-12-15-7-5-4-6-14(15)8-9-16(12)28-10-17-23-25-20(26(17)3)29-11-18(27)21-19-24-22-13(2)30-19/h4-9H,10-11H2,1-3H3,(H,21,24,27). The van der Waals surface area contributed by atoms with Crippen LogP contribution in [0.1, 0.15) is 16.4 Å². The highest BCUT2D eigenvalue weighted by molar-refractivity contribution is 7.99. The average molecular weight is 441 g/mol. The summed E-state index contributed by atoms with van der Waals surface area (Å²) in [7, 11) is 1.86. The van der Waals surface area contributed by atoms with Crippen molar-refractivity contribution in [3.05, 3.63) is 52.8 Å². The zero-order chi connectivity index (χ0) is 21.1. The number of nitrogens with zero attached hydrogens (tertiary/aromatic N) is 5. The lowest BCUT2D eigenvalue weighted by atomic mass is 10.0. The number of rotatable bonds is 7. The maximum Gasteiger partial charge on any atom is 0.236 e. The molecule has 10 heteroatoms. The van der Waals surface area contributed by atoms with Gasteiger partial charge in [-0.1, -0.05) is 53.4 Å². The number of benzene rings is 2. The molecule has 0 atom stereocenters. The van der Waals surface area contributed by atoms with Gasteiger partial charge in [0.15, 0.2) is 11.0 Å². The van der Waals surface area contributed by atoms with Crippen LogP contribution in [-0.2, 0) is 18.4 Å². The number of anilines is 1. The van der Waals surface area contributed by atoms with Crippen molar-refractivity contribution in [1.82, 2.24) is 25.0 Å². The Bertz CT molecular complexity index is 1200. The zero-order valence-electron chi connectivity index (χ0n) is 16.7. The van der Waals surface area contributed by atoms with E-state index >= 15 is 0 Å². The minimum atomic E-state index is -0.163. The van der Waals surface area contributed by atoms with Crippen LogP contribution in [0, 0.1) is 13.8 Å². The summed E-state index contributed by atoms with van der Waals surface area (Å²) in [6, 6.07) is 12.2. The first kappa shape index (κ1) is 20.3. The van der Waals surface area contributed by atoms with Crippen LogP contribution in [-0.4, -0.2) is 36.6 Å². The number of fused-ring (bicyclic) bond motifs is 1. The molecule has 2 heterocycles. The van der Waals surface area contributed by atoms with Gasteiger partial charge in [0.1, 0.15) is 17.4 Å². The molecule has 2 aromatic heterocycles. The van der Waals surface area contributed by atoms with Gasteiger partial charge in [-0.2, -0.15) is 0 Å². The van der Waals surface area contributed by atoms with Gasteiger partial charge in [-0.3, -0.25) is 10.1 Å². The van der Waals surface area contributed by atoms with Gasteiger partial charge in [-0.15, -0.1) is 20.4 Å². The van der Waals surface area contributed by atoms with Crippen LogP contribution in [0.5, 0.6) is 5.75 Å². The first-order valence-electron chi connectivity index (χ1n) is 9.23. The molecule has 8 nitrogen and oxygen atoms in total. The van der Waals surface area contributed by atoms with Crippen LogP contribution < -0.4 is 10.1 Å². The molecule has 0 aliphatic heterocycles. The lowest BCUT2D eigenvalue weighted by molar-refractivity contribution is -0.113. The van der Waals surface area contributed by atoms with Crippen molar-refractivity contribution in [1.29, 1.82) is 0 Å². The Morgan fingerprint density at radius 3 is 2.77 bits per heavy atom. The summed E-state index contributed by atoms with van der Waals surface area (Å²) in [5.74, 6) is 1.54. The molecule has 4 rings (SSSR count). The number of carbonyl (C=O) groups is 1. The summed E-state index contributed by atoms with van der Waals surface area (Å²) in [4.78, 5) is 12.1. The van der Waals surface area contributed by atoms with Crippen LogP contribution >= 0.6 is 23.1 Å². The second kappa shape index (κ2) is 8.80. The van der Waals surface area contributed by atoms with Crippen LogP contribution in [0.2, 0.25) is 0 Å². The van der Waals surface area contributed by atoms with Crippen molar-refractivity contribution >= 4 is 44.9 Å². The fraction of sp³-hybridized carbons (Fsp3) is 0.250. The van der Waals surface area contributed by atoms with E-state index in [4.69, 9.17) is 4.74 Å². The second-order valence-corrected chi connectivity index (χ2v) is 8.74. The van der Waals surface area contributed by atoms with Gasteiger partial charge in [0.25, 0.3) is 0 Å². The second-order valence-electron chi connectivity index (χ2n) is 6.62. The summed E-state index contributed by atoms with van der Waals surface area (Å²) >= 11 is 2.64. The largest absolute Gasteiger partial charge is 0.485 e. The van der Waals surface area contributed by atoms with Crippen LogP contribution in [0.3, 0.4) is 0 Å². The van der Waals surface area contributed by atoms with E-state index in [2.05, 4.69) is 37.8 Å². The summed E-state index contributed by atoms with van der Waals surface area (Å²) in [6.07, 6.45) is 0. The number of hydrogen-bond acceptors (Lipinski definition) is 8. The van der Waals surface area contributed by atoms with E-state index in [1.807, 2.05) is 49.7 Å². The summed E-state index contributed by atoms with van der Waals surface area (Å²) in [5.41, 5.74) is 1.09. The fourth-order valence-corrected chi connectivity index (χ4v) is 4.27. The number of thioether (sulfide) groups is 1. The molecule has 0 saturated heterocycles. The Morgan fingerprint density at radius 2 is 1.97 bits per heavy atom. The maximum atomic E-state index is 12.1. The Labute approximate surface area is 181 Å². The molecule has 1 amide bonds. The summed E-state index contributed by atoms with van der Waals surface area (Å²) in [5, 5.41) is 23.2. The number of amides is 1. The number of nitrogens with one attached hydrogen (secondary N) is 1. The minimum absolute atomic E-state index is 0.163. The first-order valence-corrected chi connectivity index (χ1v) is 11.0. The van der Waals surface area contributed by atoms with Gasteiger partial charge in [0.2, 0.25) is 11.0 Å². The quantitative estimate of drug-likeness (QED) is 0.437. The molecule has 0 aliphatic rings. The predicted octanol–water partition coefficient (Wildman–Crippen LogP) is 3.75. The monoisotopic (exact) mass is 440 g/mol. The third-order valence-electron chi connectivity index (χ3n) is 4.54. The van der Waals surface area contributed by atoms with E-state index < -0.39 is 0 Å². The third kappa shape index (κ3) is 4.44. The van der Waals surface area contributed by atoms with E-state index in [0.29, 0.717) is 22.7 Å². The van der Waals surface area contributed by atoms with Gasteiger partial charge in [0.05, 0.1) is 5.75 Å². The third-order valence-corrected chi connectivity index (χ3v) is 6.31. The van der Waals surface area contributed by atoms with Crippen LogP contribution in [0.25, 0.3) is 10.8 Å². The van der Waals surface area contributed by atoms with Crippen molar-refractivity contribution in [2.45, 2.75) is 25.6 Å². The van der Waals surface area contributed by atoms with Crippen molar-refractivity contribution < 1.29 is 9.53 Å². The van der Waals surface area contributed by atoms with Crippen molar-refractivity contribution in [3.8, 4) is 5.75 Å². The van der Waals surface area contributed by atoms with E-state index in [1.165, 1.54) is 33.9 Å². The molecule has 154 valence electrons. The van der Waals surface area contributed by atoms with E-state index in [0.717, 1.165) is 16.3 Å². The lowest BCUT2D eigenvalue weighted by Crippen LogP contribution is -2.14. The zero-order valence-corrected chi connectivity index (χ0v) is 18.4. The molecule has 0 fully saturated rings. The van der Waals surface area contributed by atoms with Crippen LogP contribution in [0.15, 0.2) is 41.6 Å². The van der Waals surface area contributed by atoms with E-state index in [-0.39, 0.29) is 11.7 Å². The maximum absolute atomic E-state index is 12.1. The lowest BCUT2D eigenvalue weighted by Gasteiger charge is -2.11. The van der Waals surface area contributed by atoms with Gasteiger partial charge < -0.3 is 9.30 Å². The molecule has 1 N–H and O–H groups in total. The number of aryl methyl sites for hydroxylation is 2. The Hall–Kier alpha value is -2.98. The molecule has 0 unspecified atom stereocenters. The molecular weight excluding hydrogens is 420 g/mol. The van der Waals surface area contributed by atoms with Crippen molar-refractivity contribution in [2.75, 3.05) is 11.1 Å². The molecular formula is C20H20N6O2S2. The predicted molar refractivity (Wildman–Crippen MR) is 118 cm³/mol. The van der Waals surface area contributed by atoms with Gasteiger partial charge in [-0.25, -0.2) is 0 Å². The normalized spacial score (nSPS) is 11.0. The fourth-order valence-electron chi connectivity index (χ4n) is 2.93. The summed E-state index contributed by atoms with van der Waals surface area (Å²) < 4.78 is 7.84. The van der Waals surface area contributed by atoms with E-state index in [9.17, 15) is 4.79 Å². The molecule has 0 bridgehead atoms. The van der Waals surface area contributed by atoms with Gasteiger partial charge in [0, 0.05) is 7.05 Å². The Balaban J connectivity index is 1.36. The smallest absolute Gasteiger partial charge is 0.236 e. The van der Waals surface area contributed by atoms with E-state index in [1.54, 1.807) is 0 Å². The highest BCUT2D eigenvalue weighted by Gasteiger charge is 2.14. The van der Waals surface area contributed by atoms with Crippen molar-refractivity contribution in [2.24, 2.45) is 7.05 Å². The molecule has 4 aromatic rings. The molecule has 30 heavy (non-hydrogen) atoms. The molecule has 0 radical (unpaired) electrons. The highest BCUT2D eigenvalue weighted by atomic mass is 32.2. The number of carbonyl (C=O) groups excluding carboxylic acids is 1. The highest BCUT2D eigenvalue weighted by Crippen LogP contribution is 2.28. The first-order chi connectivity index (χ1) is 14.5. The molecule has 2 aromatic carbocycles. The summed E-state index contributed by atoms with van der Waals surface area (Å²) in [6.45, 7) is 4.18. The Kier molecular flexibility index (Phi) is 5.96. The Morgan fingerprint density at radius 1 is 1.13 bits per heavy atom. The molecule has 0 spiro atoms. The van der Waals surface area contributed by atoms with Gasteiger partial charge >= 0.3 is 0 Å². The minimum Gasteiger partial charge on any atom is -0.485 e. The number of hydrogen-bond donors (Lipinski definition) is 1.